The van der Waals surface area contributed by atoms with Gasteiger partial charge in [-0.1, -0.05) is 18.2 Å². The zero-order chi connectivity index (χ0) is 16.5. The summed E-state index contributed by atoms with van der Waals surface area (Å²) in [6.45, 7) is 1.65. The summed E-state index contributed by atoms with van der Waals surface area (Å²) in [7, 11) is 0. The van der Waals surface area contributed by atoms with E-state index >= 15 is 0 Å². The summed E-state index contributed by atoms with van der Waals surface area (Å²) in [4.78, 5) is 0. The van der Waals surface area contributed by atoms with Gasteiger partial charge < -0.3 is 15.6 Å². The Morgan fingerprint density at radius 3 is 2.17 bits per heavy atom. The second-order valence-corrected chi connectivity index (χ2v) is 4.72. The van der Waals surface area contributed by atoms with E-state index in [1.54, 1.807) is 6.92 Å². The Morgan fingerprint density at radius 2 is 1.65 bits per heavy atom. The highest BCUT2D eigenvalue weighted by molar-refractivity contribution is 5.85. The van der Waals surface area contributed by atoms with Gasteiger partial charge in [-0.05, 0) is 36.2 Å². The zero-order valence-electron chi connectivity index (χ0n) is 11.9. The van der Waals surface area contributed by atoms with Crippen LogP contribution < -0.4 is 10.5 Å². The lowest BCUT2D eigenvalue weighted by molar-refractivity contribution is -0.274. The normalized spacial score (nSPS) is 12.4. The molecule has 0 bridgehead atoms. The van der Waals surface area contributed by atoms with Gasteiger partial charge in [-0.2, -0.15) is 0 Å². The molecule has 1 atom stereocenters. The van der Waals surface area contributed by atoms with Gasteiger partial charge in [-0.25, -0.2) is 4.39 Å². The third-order valence-corrected chi connectivity index (χ3v) is 3.17. The molecule has 0 aliphatic rings. The van der Waals surface area contributed by atoms with Crippen molar-refractivity contribution >= 4 is 12.4 Å². The van der Waals surface area contributed by atoms with Crippen LogP contribution in [-0.4, -0.2) is 11.5 Å². The van der Waals surface area contributed by atoms with Crippen molar-refractivity contribution in [3.8, 4) is 11.5 Å². The molecule has 2 rings (SSSR count). The summed E-state index contributed by atoms with van der Waals surface area (Å²) in [6, 6.07) is 6.57. The van der Waals surface area contributed by atoms with Crippen molar-refractivity contribution in [1.29, 1.82) is 0 Å². The highest BCUT2D eigenvalue weighted by Crippen LogP contribution is 2.33. The Hall–Kier alpha value is -1.99. The molecule has 0 spiro atoms. The molecule has 0 unspecified atom stereocenters. The Kier molecular flexibility index (Phi) is 5.85. The van der Waals surface area contributed by atoms with E-state index in [1.807, 2.05) is 0 Å². The molecule has 0 amide bonds. The van der Waals surface area contributed by atoms with E-state index in [1.165, 1.54) is 18.2 Å². The molecule has 0 aliphatic carbocycles. The molecule has 126 valence electrons. The number of rotatable bonds is 3. The number of alkyl halides is 3. The van der Waals surface area contributed by atoms with E-state index in [-0.39, 0.29) is 23.7 Å². The van der Waals surface area contributed by atoms with E-state index in [4.69, 9.17) is 5.73 Å². The number of phenolic OH excluding ortho intramolecular Hbond substituents is 1. The van der Waals surface area contributed by atoms with Crippen LogP contribution in [0.5, 0.6) is 11.5 Å². The summed E-state index contributed by atoms with van der Waals surface area (Å²) >= 11 is 0. The zero-order valence-corrected chi connectivity index (χ0v) is 12.7. The fourth-order valence-corrected chi connectivity index (χ4v) is 2.12. The van der Waals surface area contributed by atoms with Crippen molar-refractivity contribution in [3.05, 3.63) is 58.9 Å². The lowest BCUT2D eigenvalue weighted by Gasteiger charge is -2.17. The molecule has 0 radical (unpaired) electrons. The average molecular weight is 352 g/mol. The number of ether oxygens (including phenoxy) is 1. The first-order valence-corrected chi connectivity index (χ1v) is 6.28. The molecule has 3 nitrogen and oxygen atoms in total. The molecule has 0 fully saturated rings. The monoisotopic (exact) mass is 351 g/mol. The van der Waals surface area contributed by atoms with E-state index in [0.717, 1.165) is 18.2 Å². The average Bonchev–Trinajstić information content (AvgIpc) is 2.42. The second kappa shape index (κ2) is 7.06. The maximum absolute atomic E-state index is 13.4. The molecule has 3 N–H and O–H groups in total. The van der Waals surface area contributed by atoms with Crippen LogP contribution >= 0.6 is 12.4 Å². The number of benzene rings is 2. The van der Waals surface area contributed by atoms with Gasteiger partial charge in [-0.3, -0.25) is 0 Å². The molecular weight excluding hydrogens is 338 g/mol. The van der Waals surface area contributed by atoms with Gasteiger partial charge in [-0.15, -0.1) is 25.6 Å². The van der Waals surface area contributed by atoms with Crippen molar-refractivity contribution in [2.24, 2.45) is 5.73 Å². The van der Waals surface area contributed by atoms with Crippen molar-refractivity contribution < 1.29 is 27.4 Å². The molecule has 0 saturated heterocycles. The molecule has 0 aromatic heterocycles. The predicted molar refractivity (Wildman–Crippen MR) is 79.2 cm³/mol. The Bertz CT molecular complexity index is 674. The van der Waals surface area contributed by atoms with Crippen LogP contribution in [0.2, 0.25) is 0 Å². The molecule has 23 heavy (non-hydrogen) atoms. The minimum atomic E-state index is -4.78. The lowest BCUT2D eigenvalue weighted by atomic mass is 9.94. The summed E-state index contributed by atoms with van der Waals surface area (Å²) in [6.07, 6.45) is -4.78. The standard InChI is InChI=1S/C15H13F4NO2.ClH/c1-8-2-7-11(16)14(21)12(8)13(20)9-3-5-10(6-4-9)22-15(17,18)19;/h2-7,13,21H,20H2,1H3;1H/t13-;/m1./s1. The summed E-state index contributed by atoms with van der Waals surface area (Å²) < 4.78 is 53.5. The topological polar surface area (TPSA) is 55.5 Å². The third-order valence-electron chi connectivity index (χ3n) is 3.17. The van der Waals surface area contributed by atoms with Crippen LogP contribution in [0.25, 0.3) is 0 Å². The molecule has 2 aromatic carbocycles. The number of hydrogen-bond acceptors (Lipinski definition) is 3. The first-order valence-electron chi connectivity index (χ1n) is 6.28. The minimum Gasteiger partial charge on any atom is -0.505 e. The SMILES string of the molecule is Cc1ccc(F)c(O)c1[C@H](N)c1ccc(OC(F)(F)F)cc1.Cl. The first kappa shape index (κ1) is 19.1. The van der Waals surface area contributed by atoms with Crippen LogP contribution in [0.4, 0.5) is 17.6 Å². The number of phenols is 1. The van der Waals surface area contributed by atoms with Gasteiger partial charge in [0.15, 0.2) is 11.6 Å². The number of halogens is 5. The Labute approximate surface area is 136 Å². The Morgan fingerprint density at radius 1 is 1.09 bits per heavy atom. The van der Waals surface area contributed by atoms with Crippen molar-refractivity contribution in [3.63, 3.8) is 0 Å². The molecule has 0 saturated carbocycles. The number of nitrogens with two attached hydrogens (primary N) is 1. The predicted octanol–water partition coefficient (Wildman–Crippen LogP) is 4.21. The molecule has 0 aliphatic heterocycles. The number of aryl methyl sites for hydroxylation is 1. The Balaban J connectivity index is 0.00000264. The first-order chi connectivity index (χ1) is 10.2. The molecule has 2 aromatic rings. The van der Waals surface area contributed by atoms with Crippen molar-refractivity contribution in [1.82, 2.24) is 0 Å². The van der Waals surface area contributed by atoms with Crippen molar-refractivity contribution in [2.45, 2.75) is 19.3 Å². The van der Waals surface area contributed by atoms with Crippen molar-refractivity contribution in [2.75, 3.05) is 0 Å². The number of hydrogen-bond donors (Lipinski definition) is 2. The quantitative estimate of drug-likeness (QED) is 0.814. The number of aromatic hydroxyl groups is 1. The van der Waals surface area contributed by atoms with Gasteiger partial charge in [0.1, 0.15) is 5.75 Å². The van der Waals surface area contributed by atoms with Crippen LogP contribution in [0.15, 0.2) is 36.4 Å². The summed E-state index contributed by atoms with van der Waals surface area (Å²) in [5, 5.41) is 9.79. The van der Waals surface area contributed by atoms with Crippen LogP contribution in [0.1, 0.15) is 22.7 Å². The fourth-order valence-electron chi connectivity index (χ4n) is 2.12. The third kappa shape index (κ3) is 4.49. The molecule has 8 heteroatoms. The van der Waals surface area contributed by atoms with E-state index in [0.29, 0.717) is 11.1 Å². The molecular formula is C15H14ClF4NO2. The molecule has 0 heterocycles. The van der Waals surface area contributed by atoms with E-state index in [9.17, 15) is 22.7 Å². The largest absolute Gasteiger partial charge is 0.573 e. The van der Waals surface area contributed by atoms with Crippen LogP contribution in [0.3, 0.4) is 0 Å². The van der Waals surface area contributed by atoms with Gasteiger partial charge in [0.05, 0.1) is 6.04 Å². The highest BCUT2D eigenvalue weighted by Gasteiger charge is 2.31. The van der Waals surface area contributed by atoms with Gasteiger partial charge in [0, 0.05) is 5.56 Å². The smallest absolute Gasteiger partial charge is 0.505 e. The van der Waals surface area contributed by atoms with Gasteiger partial charge in [0.2, 0.25) is 0 Å². The lowest BCUT2D eigenvalue weighted by Crippen LogP contribution is -2.17. The maximum atomic E-state index is 13.4. The van der Waals surface area contributed by atoms with E-state index < -0.39 is 24.0 Å². The van der Waals surface area contributed by atoms with Crippen LogP contribution in [0, 0.1) is 12.7 Å². The highest BCUT2D eigenvalue weighted by atomic mass is 35.5. The second-order valence-electron chi connectivity index (χ2n) is 4.72. The maximum Gasteiger partial charge on any atom is 0.573 e. The minimum absolute atomic E-state index is 0. The van der Waals surface area contributed by atoms with E-state index in [2.05, 4.69) is 4.74 Å². The van der Waals surface area contributed by atoms with Gasteiger partial charge in [0.25, 0.3) is 0 Å². The summed E-state index contributed by atoms with van der Waals surface area (Å²) in [5.74, 6) is -1.76. The van der Waals surface area contributed by atoms with Crippen LogP contribution in [-0.2, 0) is 0 Å². The fraction of sp³-hybridized carbons (Fsp3) is 0.200. The summed E-state index contributed by atoms with van der Waals surface area (Å²) in [5.41, 5.74) is 7.15. The van der Waals surface area contributed by atoms with Gasteiger partial charge >= 0.3 is 6.36 Å².